The predicted molar refractivity (Wildman–Crippen MR) is 139 cm³/mol. The second kappa shape index (κ2) is 9.35. The van der Waals surface area contributed by atoms with Gasteiger partial charge in [0.2, 0.25) is 11.9 Å². The van der Waals surface area contributed by atoms with Crippen LogP contribution in [-0.2, 0) is 4.79 Å². The second-order valence-corrected chi connectivity index (χ2v) is 10.7. The monoisotopic (exact) mass is 491 g/mol. The molecule has 4 aliphatic rings. The van der Waals surface area contributed by atoms with Gasteiger partial charge >= 0.3 is 0 Å². The van der Waals surface area contributed by atoms with Crippen LogP contribution in [0.2, 0.25) is 0 Å². The number of aromatic nitrogens is 2. The highest BCUT2D eigenvalue weighted by Gasteiger charge is 2.49. The van der Waals surface area contributed by atoms with Gasteiger partial charge in [0, 0.05) is 49.6 Å². The highest BCUT2D eigenvalue weighted by molar-refractivity contribution is 5.82. The van der Waals surface area contributed by atoms with Crippen molar-refractivity contribution < 1.29 is 9.18 Å². The number of carbonyl (C=O) groups is 1. The third-order valence-electron chi connectivity index (χ3n) is 8.03. The van der Waals surface area contributed by atoms with Crippen LogP contribution < -0.4 is 20.9 Å². The number of halogens is 1. The van der Waals surface area contributed by atoms with E-state index >= 15 is 0 Å². The Hall–Kier alpha value is -3.20. The van der Waals surface area contributed by atoms with Gasteiger partial charge < -0.3 is 25.8 Å². The second-order valence-electron chi connectivity index (χ2n) is 10.7. The van der Waals surface area contributed by atoms with E-state index in [2.05, 4.69) is 74.0 Å². The first-order chi connectivity index (χ1) is 17.4. The van der Waals surface area contributed by atoms with Crippen LogP contribution in [0.3, 0.4) is 0 Å². The SMILES string of the molecule is Cc1cc(Nc2ncc(F)c(N[C@@H]3[C@H](C(=O)NC4CC4)[C@H]4C=C[C@@H]3C4)n2)ccc1N1CCN(C)CC1. The average molecular weight is 492 g/mol. The number of aryl methyl sites for hydroxylation is 1. The molecule has 1 amide bonds. The average Bonchev–Trinajstić information content (AvgIpc) is 3.44. The van der Waals surface area contributed by atoms with Gasteiger partial charge in [0.15, 0.2) is 11.6 Å². The lowest BCUT2D eigenvalue weighted by molar-refractivity contribution is -0.126. The fraction of sp³-hybridized carbons (Fsp3) is 0.519. The molecule has 3 N–H and O–H groups in total. The van der Waals surface area contributed by atoms with Crippen LogP contribution in [-0.4, -0.2) is 66.1 Å². The third kappa shape index (κ3) is 4.64. The summed E-state index contributed by atoms with van der Waals surface area (Å²) >= 11 is 0. The summed E-state index contributed by atoms with van der Waals surface area (Å²) in [4.78, 5) is 26.3. The highest BCUT2D eigenvalue weighted by atomic mass is 19.1. The Morgan fingerprint density at radius 3 is 2.64 bits per heavy atom. The van der Waals surface area contributed by atoms with Crippen LogP contribution in [0, 0.1) is 30.5 Å². The molecule has 2 aromatic rings. The van der Waals surface area contributed by atoms with Gasteiger partial charge in [-0.1, -0.05) is 12.2 Å². The summed E-state index contributed by atoms with van der Waals surface area (Å²) < 4.78 is 14.8. The molecule has 2 bridgehead atoms. The number of allylic oxidation sites excluding steroid dienone is 1. The van der Waals surface area contributed by atoms with Crippen molar-refractivity contribution in [2.24, 2.45) is 17.8 Å². The topological polar surface area (TPSA) is 85.4 Å². The molecular weight excluding hydrogens is 457 g/mol. The Kier molecular flexibility index (Phi) is 6.03. The van der Waals surface area contributed by atoms with E-state index in [1.165, 1.54) is 17.4 Å². The lowest BCUT2D eigenvalue weighted by atomic mass is 9.88. The van der Waals surface area contributed by atoms with Crippen LogP contribution >= 0.6 is 0 Å². The zero-order valence-corrected chi connectivity index (χ0v) is 20.9. The summed E-state index contributed by atoms with van der Waals surface area (Å²) in [5.74, 6) is 0.176. The number of nitrogens with zero attached hydrogens (tertiary/aromatic N) is 4. The minimum Gasteiger partial charge on any atom is -0.369 e. The van der Waals surface area contributed by atoms with Crippen LogP contribution in [0.1, 0.15) is 24.8 Å². The zero-order chi connectivity index (χ0) is 24.8. The maximum atomic E-state index is 14.8. The van der Waals surface area contributed by atoms with E-state index in [0.717, 1.165) is 51.1 Å². The Morgan fingerprint density at radius 1 is 1.11 bits per heavy atom. The number of carbonyl (C=O) groups excluding carboxylic acids is 1. The maximum absolute atomic E-state index is 14.8. The summed E-state index contributed by atoms with van der Waals surface area (Å²) in [6.07, 6.45) is 8.48. The molecule has 8 nitrogen and oxygen atoms in total. The quantitative estimate of drug-likeness (QED) is 0.513. The lowest BCUT2D eigenvalue weighted by Crippen LogP contribution is -2.44. The molecule has 4 atom stereocenters. The summed E-state index contributed by atoms with van der Waals surface area (Å²) in [6, 6.07) is 6.34. The van der Waals surface area contributed by atoms with Gasteiger partial charge in [0.25, 0.3) is 0 Å². The molecule has 1 aromatic carbocycles. The molecule has 1 aliphatic heterocycles. The number of hydrogen-bond acceptors (Lipinski definition) is 7. The van der Waals surface area contributed by atoms with E-state index in [0.29, 0.717) is 12.0 Å². The Labute approximate surface area is 211 Å². The summed E-state index contributed by atoms with van der Waals surface area (Å²) in [6.45, 7) is 6.24. The van der Waals surface area contributed by atoms with Crippen LogP contribution in [0.25, 0.3) is 0 Å². The largest absolute Gasteiger partial charge is 0.369 e. The van der Waals surface area contributed by atoms with E-state index in [4.69, 9.17) is 0 Å². The van der Waals surface area contributed by atoms with Crippen molar-refractivity contribution in [2.45, 2.75) is 38.3 Å². The molecule has 6 rings (SSSR count). The van der Waals surface area contributed by atoms with Gasteiger partial charge in [-0.2, -0.15) is 4.98 Å². The molecule has 1 aromatic heterocycles. The minimum atomic E-state index is -0.518. The van der Waals surface area contributed by atoms with Crippen molar-refractivity contribution in [1.82, 2.24) is 20.2 Å². The van der Waals surface area contributed by atoms with E-state index in [1.54, 1.807) is 0 Å². The highest BCUT2D eigenvalue weighted by Crippen LogP contribution is 2.45. The van der Waals surface area contributed by atoms with Crippen molar-refractivity contribution in [2.75, 3.05) is 48.8 Å². The summed E-state index contributed by atoms with van der Waals surface area (Å²) in [5.41, 5.74) is 3.26. The number of benzene rings is 1. The molecule has 2 saturated carbocycles. The number of nitrogens with one attached hydrogen (secondary N) is 3. The van der Waals surface area contributed by atoms with Crippen LogP contribution in [0.5, 0.6) is 0 Å². The molecule has 1 saturated heterocycles. The predicted octanol–water partition coefficient (Wildman–Crippen LogP) is 3.30. The number of anilines is 4. The Bertz CT molecular complexity index is 1170. The van der Waals surface area contributed by atoms with Crippen molar-refractivity contribution in [1.29, 1.82) is 0 Å². The van der Waals surface area contributed by atoms with Crippen LogP contribution in [0.15, 0.2) is 36.5 Å². The number of hydrogen-bond donors (Lipinski definition) is 3. The molecule has 9 heteroatoms. The summed E-state index contributed by atoms with van der Waals surface area (Å²) in [5, 5.41) is 9.63. The molecule has 3 aliphatic carbocycles. The number of rotatable bonds is 7. The Morgan fingerprint density at radius 2 is 1.89 bits per heavy atom. The van der Waals surface area contributed by atoms with Crippen molar-refractivity contribution >= 4 is 29.0 Å². The van der Waals surface area contributed by atoms with Crippen LogP contribution in [0.4, 0.5) is 27.5 Å². The number of piperazine rings is 1. The molecular formula is C27H34FN7O. The van der Waals surface area contributed by atoms with Crippen molar-refractivity contribution in [3.05, 3.63) is 47.9 Å². The van der Waals surface area contributed by atoms with Gasteiger partial charge in [-0.05, 0) is 68.8 Å². The molecule has 3 fully saturated rings. The number of amides is 1. The summed E-state index contributed by atoms with van der Waals surface area (Å²) in [7, 11) is 2.15. The molecule has 36 heavy (non-hydrogen) atoms. The first-order valence-corrected chi connectivity index (χ1v) is 13.0. The lowest BCUT2D eigenvalue weighted by Gasteiger charge is -2.35. The Balaban J connectivity index is 1.16. The van der Waals surface area contributed by atoms with E-state index in [-0.39, 0.29) is 35.5 Å². The molecule has 0 unspecified atom stereocenters. The van der Waals surface area contributed by atoms with E-state index < -0.39 is 5.82 Å². The minimum absolute atomic E-state index is 0.0654. The van der Waals surface area contributed by atoms with E-state index in [1.807, 2.05) is 6.07 Å². The zero-order valence-electron chi connectivity index (χ0n) is 20.9. The third-order valence-corrected chi connectivity index (χ3v) is 8.03. The smallest absolute Gasteiger partial charge is 0.229 e. The van der Waals surface area contributed by atoms with Gasteiger partial charge in [-0.25, -0.2) is 9.37 Å². The first-order valence-electron chi connectivity index (χ1n) is 13.0. The number of fused-ring (bicyclic) bond motifs is 2. The van der Waals surface area contributed by atoms with Gasteiger partial charge in [0.1, 0.15) is 0 Å². The first kappa shape index (κ1) is 23.2. The van der Waals surface area contributed by atoms with Crippen molar-refractivity contribution in [3.8, 4) is 0 Å². The molecule has 190 valence electrons. The number of likely N-dealkylation sites (N-methyl/N-ethyl adjacent to an activating group) is 1. The van der Waals surface area contributed by atoms with Gasteiger partial charge in [-0.3, -0.25) is 4.79 Å². The maximum Gasteiger partial charge on any atom is 0.229 e. The molecule has 2 heterocycles. The van der Waals surface area contributed by atoms with Gasteiger partial charge in [0.05, 0.1) is 12.1 Å². The molecule has 0 radical (unpaired) electrons. The fourth-order valence-corrected chi connectivity index (χ4v) is 5.85. The van der Waals surface area contributed by atoms with E-state index in [9.17, 15) is 9.18 Å². The normalized spacial score (nSPS) is 27.4. The fourth-order valence-electron chi connectivity index (χ4n) is 5.85. The van der Waals surface area contributed by atoms with Gasteiger partial charge in [-0.15, -0.1) is 0 Å². The molecule has 0 spiro atoms. The van der Waals surface area contributed by atoms with Crippen molar-refractivity contribution in [3.63, 3.8) is 0 Å². The standard InChI is InChI=1S/C27H34FN7O/c1-16-13-20(7-8-22(16)35-11-9-34(2)10-12-35)31-27-29-15-21(28)25(33-27)32-24-18-4-3-17(14-18)23(24)26(36)30-19-5-6-19/h3-4,7-8,13,15,17-19,23-24H,5-6,9-12,14H2,1-2H3,(H,30,36)(H2,29,31,32,33)/t17-,18+,23+,24-/m0/s1.